The van der Waals surface area contributed by atoms with Gasteiger partial charge in [-0.3, -0.25) is 9.88 Å². The van der Waals surface area contributed by atoms with E-state index in [0.717, 1.165) is 47.8 Å². The largest absolute Gasteiger partial charge is 0.387 e. The summed E-state index contributed by atoms with van der Waals surface area (Å²) in [5.74, 6) is 1.62. The molecule has 3 saturated heterocycles. The van der Waals surface area contributed by atoms with Gasteiger partial charge in [0.1, 0.15) is 0 Å². The Morgan fingerprint density at radius 3 is 2.95 bits per heavy atom. The van der Waals surface area contributed by atoms with Gasteiger partial charge in [-0.25, -0.2) is 0 Å². The fraction of sp³-hybridized carbons (Fsp3) is 0.526. The van der Waals surface area contributed by atoms with Gasteiger partial charge in [0.25, 0.3) is 0 Å². The molecular formula is C19H24N2O. The van der Waals surface area contributed by atoms with Crippen molar-refractivity contribution in [3.05, 3.63) is 42.1 Å². The molecule has 5 rings (SSSR count). The minimum absolute atomic E-state index is 0.271. The Morgan fingerprint density at radius 2 is 2.18 bits per heavy atom. The smallest absolute Gasteiger partial charge is 0.0952 e. The highest BCUT2D eigenvalue weighted by molar-refractivity contribution is 5.82. The summed E-state index contributed by atoms with van der Waals surface area (Å²) in [6.45, 7) is 4.60. The Hall–Kier alpha value is -1.45. The van der Waals surface area contributed by atoms with Gasteiger partial charge in [-0.1, -0.05) is 31.5 Å². The molecule has 0 aliphatic carbocycles. The lowest BCUT2D eigenvalue weighted by atomic mass is 9.72. The van der Waals surface area contributed by atoms with Gasteiger partial charge in [0.05, 0.1) is 11.6 Å². The fourth-order valence-electron chi connectivity index (χ4n) is 4.55. The van der Waals surface area contributed by atoms with E-state index in [-0.39, 0.29) is 6.04 Å². The zero-order chi connectivity index (χ0) is 15.1. The number of aliphatic hydroxyl groups excluding tert-OH is 1. The average Bonchev–Trinajstić information content (AvgIpc) is 2.60. The molecule has 2 bridgehead atoms. The van der Waals surface area contributed by atoms with Crippen molar-refractivity contribution in [1.29, 1.82) is 0 Å². The van der Waals surface area contributed by atoms with Crippen molar-refractivity contribution in [1.82, 2.24) is 9.88 Å². The molecule has 3 aliphatic heterocycles. The number of nitrogens with zero attached hydrogens (tertiary/aromatic N) is 2. The molecule has 116 valence electrons. The Balaban J connectivity index is 1.66. The zero-order valence-electron chi connectivity index (χ0n) is 13.2. The van der Waals surface area contributed by atoms with Crippen LogP contribution in [0.1, 0.15) is 37.9 Å². The Kier molecular flexibility index (Phi) is 3.63. The molecule has 0 saturated carbocycles. The number of aliphatic hydroxyl groups is 1. The van der Waals surface area contributed by atoms with Crippen LogP contribution in [0, 0.1) is 11.8 Å². The molecule has 3 heteroatoms. The van der Waals surface area contributed by atoms with Crippen LogP contribution in [0.4, 0.5) is 0 Å². The van der Waals surface area contributed by atoms with Gasteiger partial charge in [-0.05, 0) is 48.9 Å². The number of hydrogen-bond donors (Lipinski definition) is 1. The van der Waals surface area contributed by atoms with Gasteiger partial charge >= 0.3 is 0 Å². The monoisotopic (exact) mass is 296 g/mol. The number of aromatic nitrogens is 1. The van der Waals surface area contributed by atoms with Crippen LogP contribution in [-0.2, 0) is 0 Å². The number of hydrogen-bond acceptors (Lipinski definition) is 3. The minimum atomic E-state index is -0.409. The maximum absolute atomic E-state index is 11.1. The summed E-state index contributed by atoms with van der Waals surface area (Å²) in [6.07, 6.45) is 5.12. The molecule has 22 heavy (non-hydrogen) atoms. The van der Waals surface area contributed by atoms with E-state index in [1.54, 1.807) is 0 Å². The predicted octanol–water partition coefficient (Wildman–Crippen LogP) is 3.39. The zero-order valence-corrected chi connectivity index (χ0v) is 13.2. The summed E-state index contributed by atoms with van der Waals surface area (Å²) in [4.78, 5) is 6.94. The molecule has 0 spiro atoms. The van der Waals surface area contributed by atoms with Gasteiger partial charge < -0.3 is 5.11 Å². The van der Waals surface area contributed by atoms with Crippen molar-refractivity contribution >= 4 is 10.9 Å². The molecule has 5 atom stereocenters. The molecule has 1 aromatic heterocycles. The first-order valence-corrected chi connectivity index (χ1v) is 8.53. The lowest BCUT2D eigenvalue weighted by molar-refractivity contribution is -0.0562. The van der Waals surface area contributed by atoms with Crippen LogP contribution in [0.2, 0.25) is 0 Å². The molecule has 0 radical (unpaired) electrons. The molecule has 3 aliphatic rings. The summed E-state index contributed by atoms with van der Waals surface area (Å²) in [7, 11) is 0. The summed E-state index contributed by atoms with van der Waals surface area (Å²) in [5.41, 5.74) is 2.01. The second-order valence-corrected chi connectivity index (χ2v) is 6.88. The van der Waals surface area contributed by atoms with E-state index in [1.165, 1.54) is 12.8 Å². The van der Waals surface area contributed by atoms with E-state index < -0.39 is 6.10 Å². The van der Waals surface area contributed by atoms with Crippen molar-refractivity contribution in [2.45, 2.75) is 38.3 Å². The standard InChI is InChI=1S/C19H24N2O/c1-2-13-12-21-10-8-14(13)11-18(21)19(22)16-7-9-20-17-6-4-3-5-15(16)17/h3-7,9,13-14,18-19,22H,2,8,10-12H2,1H3/t13-,14-,18-,19-/m0/s1. The number of para-hydroxylation sites is 1. The van der Waals surface area contributed by atoms with Crippen LogP contribution in [0.15, 0.2) is 36.5 Å². The van der Waals surface area contributed by atoms with E-state index >= 15 is 0 Å². The summed E-state index contributed by atoms with van der Waals surface area (Å²) in [6, 6.07) is 10.4. The topological polar surface area (TPSA) is 36.4 Å². The lowest BCUT2D eigenvalue weighted by Crippen LogP contribution is -2.55. The minimum Gasteiger partial charge on any atom is -0.387 e. The van der Waals surface area contributed by atoms with Crippen LogP contribution >= 0.6 is 0 Å². The summed E-state index contributed by atoms with van der Waals surface area (Å²) in [5, 5.41) is 12.1. The van der Waals surface area contributed by atoms with Gasteiger partial charge in [0, 0.05) is 24.2 Å². The fourth-order valence-corrected chi connectivity index (χ4v) is 4.55. The molecule has 1 N–H and O–H groups in total. The Morgan fingerprint density at radius 1 is 1.32 bits per heavy atom. The number of piperidine rings is 3. The molecular weight excluding hydrogens is 272 g/mol. The first-order chi connectivity index (χ1) is 10.8. The molecule has 3 nitrogen and oxygen atoms in total. The number of pyridine rings is 1. The van der Waals surface area contributed by atoms with E-state index in [9.17, 15) is 5.11 Å². The van der Waals surface area contributed by atoms with E-state index in [0.29, 0.717) is 0 Å². The van der Waals surface area contributed by atoms with Crippen molar-refractivity contribution in [3.63, 3.8) is 0 Å². The SMILES string of the molecule is CC[C@H]1CN2CC[C@H]1C[C@H]2[C@@H](O)c1ccnc2ccccc12. The number of fused-ring (bicyclic) bond motifs is 4. The van der Waals surface area contributed by atoms with Gasteiger partial charge in [0.15, 0.2) is 0 Å². The highest BCUT2D eigenvalue weighted by Gasteiger charge is 2.42. The third-order valence-electron chi connectivity index (χ3n) is 5.83. The lowest BCUT2D eigenvalue weighted by Gasteiger charge is -2.51. The Bertz CT molecular complexity index is 666. The summed E-state index contributed by atoms with van der Waals surface area (Å²) >= 11 is 0. The van der Waals surface area contributed by atoms with E-state index in [2.05, 4.69) is 22.9 Å². The van der Waals surface area contributed by atoms with Gasteiger partial charge in [-0.15, -0.1) is 0 Å². The molecule has 1 unspecified atom stereocenters. The quantitative estimate of drug-likeness (QED) is 0.943. The number of benzene rings is 1. The number of rotatable bonds is 3. The normalized spacial score (nSPS) is 32.3. The van der Waals surface area contributed by atoms with Crippen molar-refractivity contribution in [2.75, 3.05) is 13.1 Å². The summed E-state index contributed by atoms with van der Waals surface area (Å²) < 4.78 is 0. The molecule has 3 fully saturated rings. The molecule has 0 amide bonds. The maximum atomic E-state index is 11.1. The van der Waals surface area contributed by atoms with Gasteiger partial charge in [-0.2, -0.15) is 0 Å². The van der Waals surface area contributed by atoms with Crippen LogP contribution in [0.25, 0.3) is 10.9 Å². The molecule has 2 aromatic rings. The Labute approximate surface area is 132 Å². The highest BCUT2D eigenvalue weighted by atomic mass is 16.3. The van der Waals surface area contributed by atoms with Crippen molar-refractivity contribution in [2.24, 2.45) is 11.8 Å². The molecule has 1 aromatic carbocycles. The second kappa shape index (κ2) is 5.64. The van der Waals surface area contributed by atoms with Crippen LogP contribution < -0.4 is 0 Å². The maximum Gasteiger partial charge on any atom is 0.0952 e. The van der Waals surface area contributed by atoms with Crippen LogP contribution in [0.5, 0.6) is 0 Å². The van der Waals surface area contributed by atoms with Crippen molar-refractivity contribution < 1.29 is 5.11 Å². The highest BCUT2D eigenvalue weighted by Crippen LogP contribution is 2.42. The van der Waals surface area contributed by atoms with E-state index in [4.69, 9.17) is 0 Å². The van der Waals surface area contributed by atoms with Crippen molar-refractivity contribution in [3.8, 4) is 0 Å². The van der Waals surface area contributed by atoms with Crippen LogP contribution in [0.3, 0.4) is 0 Å². The van der Waals surface area contributed by atoms with E-state index in [1.807, 2.05) is 30.5 Å². The molecule has 4 heterocycles. The van der Waals surface area contributed by atoms with Gasteiger partial charge in [0.2, 0.25) is 0 Å². The third kappa shape index (κ3) is 2.24. The second-order valence-electron chi connectivity index (χ2n) is 6.88. The third-order valence-corrected chi connectivity index (χ3v) is 5.83. The average molecular weight is 296 g/mol. The first kappa shape index (κ1) is 14.2. The first-order valence-electron chi connectivity index (χ1n) is 8.53. The van der Waals surface area contributed by atoms with Crippen LogP contribution in [-0.4, -0.2) is 34.1 Å². The predicted molar refractivity (Wildman–Crippen MR) is 88.6 cm³/mol.